The van der Waals surface area contributed by atoms with Crippen LogP contribution in [-0.2, 0) is 9.53 Å². The quantitative estimate of drug-likeness (QED) is 0.327. The third-order valence-electron chi connectivity index (χ3n) is 4.60. The van der Waals surface area contributed by atoms with Gasteiger partial charge in [-0.25, -0.2) is 4.68 Å². The predicted molar refractivity (Wildman–Crippen MR) is 119 cm³/mol. The molecule has 2 aromatic carbocycles. The lowest BCUT2D eigenvalue weighted by molar-refractivity contribution is -0.117. The fraction of sp³-hybridized carbons (Fsp3) is 0.208. The average Bonchev–Trinajstić information content (AvgIpc) is 3.24. The summed E-state index contributed by atoms with van der Waals surface area (Å²) in [4.78, 5) is 12.5. The van der Waals surface area contributed by atoms with E-state index >= 15 is 0 Å². The van der Waals surface area contributed by atoms with Crippen LogP contribution in [0.5, 0.6) is 5.75 Å². The van der Waals surface area contributed by atoms with Crippen molar-refractivity contribution < 1.29 is 14.3 Å². The summed E-state index contributed by atoms with van der Waals surface area (Å²) in [6.45, 7) is 0.960. The first-order valence-electron chi connectivity index (χ1n) is 9.85. The highest BCUT2D eigenvalue weighted by atomic mass is 16.5. The molecule has 158 valence electrons. The lowest BCUT2D eigenvalue weighted by Crippen LogP contribution is -2.26. The third kappa shape index (κ3) is 5.38. The highest BCUT2D eigenvalue weighted by Gasteiger charge is 2.17. The number of hydrogen-bond donors (Lipinski definition) is 1. The molecule has 0 saturated heterocycles. The molecular weight excluding hydrogens is 392 g/mol. The van der Waals surface area contributed by atoms with E-state index in [4.69, 9.17) is 14.6 Å². The number of nitrogens with zero attached hydrogens (tertiary/aromatic N) is 3. The number of carbonyl (C=O) groups is 1. The summed E-state index contributed by atoms with van der Waals surface area (Å²) in [5.41, 5.74) is 2.88. The molecule has 1 heterocycles. The van der Waals surface area contributed by atoms with Gasteiger partial charge in [-0.15, -0.1) is 0 Å². The van der Waals surface area contributed by atoms with Crippen molar-refractivity contribution >= 4 is 12.0 Å². The normalized spacial score (nSPS) is 11.1. The lowest BCUT2D eigenvalue weighted by atomic mass is 10.0. The van der Waals surface area contributed by atoms with Gasteiger partial charge in [-0.2, -0.15) is 10.4 Å². The van der Waals surface area contributed by atoms with E-state index in [-0.39, 0.29) is 5.57 Å². The highest BCUT2D eigenvalue weighted by molar-refractivity contribution is 6.02. The van der Waals surface area contributed by atoms with Crippen LogP contribution in [0, 0.1) is 11.3 Å². The molecule has 3 rings (SSSR count). The molecule has 1 N–H and O–H groups in total. The van der Waals surface area contributed by atoms with Crippen molar-refractivity contribution in [3.8, 4) is 28.8 Å². The molecule has 0 radical (unpaired) electrons. The first-order chi connectivity index (χ1) is 15.2. The second kappa shape index (κ2) is 10.8. The second-order valence-electron chi connectivity index (χ2n) is 6.69. The van der Waals surface area contributed by atoms with E-state index in [2.05, 4.69) is 5.32 Å². The summed E-state index contributed by atoms with van der Waals surface area (Å²) in [5, 5.41) is 17.1. The van der Waals surface area contributed by atoms with Crippen LogP contribution in [0.25, 0.3) is 23.0 Å². The molecule has 0 atom stereocenters. The van der Waals surface area contributed by atoms with Gasteiger partial charge >= 0.3 is 0 Å². The van der Waals surface area contributed by atoms with Crippen LogP contribution in [0.1, 0.15) is 12.0 Å². The van der Waals surface area contributed by atoms with E-state index in [9.17, 15) is 10.1 Å². The maximum Gasteiger partial charge on any atom is 0.261 e. The number of aromatic nitrogens is 2. The van der Waals surface area contributed by atoms with Gasteiger partial charge in [0.1, 0.15) is 23.1 Å². The second-order valence-corrected chi connectivity index (χ2v) is 6.69. The molecular formula is C24H24N4O3. The van der Waals surface area contributed by atoms with Gasteiger partial charge in [-0.3, -0.25) is 4.79 Å². The summed E-state index contributed by atoms with van der Waals surface area (Å²) < 4.78 is 12.2. The molecule has 3 aromatic rings. The highest BCUT2D eigenvalue weighted by Crippen LogP contribution is 2.32. The minimum absolute atomic E-state index is 0.00109. The molecule has 0 spiro atoms. The molecule has 31 heavy (non-hydrogen) atoms. The van der Waals surface area contributed by atoms with Gasteiger partial charge in [0, 0.05) is 37.6 Å². The van der Waals surface area contributed by atoms with Crippen molar-refractivity contribution in [1.29, 1.82) is 5.26 Å². The molecule has 0 aliphatic heterocycles. The Morgan fingerprint density at radius 2 is 1.90 bits per heavy atom. The van der Waals surface area contributed by atoms with Crippen molar-refractivity contribution in [3.05, 3.63) is 71.9 Å². The van der Waals surface area contributed by atoms with Gasteiger partial charge in [0.2, 0.25) is 0 Å². The largest absolute Gasteiger partial charge is 0.496 e. The number of nitrogens with one attached hydrogen (secondary N) is 1. The number of rotatable bonds is 9. The van der Waals surface area contributed by atoms with Crippen molar-refractivity contribution in [2.75, 3.05) is 27.4 Å². The van der Waals surface area contributed by atoms with Crippen LogP contribution in [0.3, 0.4) is 0 Å². The maximum absolute atomic E-state index is 12.5. The van der Waals surface area contributed by atoms with Crippen LogP contribution in [-0.4, -0.2) is 43.1 Å². The Balaban J connectivity index is 2.03. The van der Waals surface area contributed by atoms with Crippen molar-refractivity contribution in [2.45, 2.75) is 6.42 Å². The summed E-state index contributed by atoms with van der Waals surface area (Å²) in [7, 11) is 3.20. The maximum atomic E-state index is 12.5. The number of amides is 1. The number of para-hydroxylation sites is 2. The van der Waals surface area contributed by atoms with Crippen molar-refractivity contribution in [2.24, 2.45) is 0 Å². The van der Waals surface area contributed by atoms with Crippen LogP contribution in [0.4, 0.5) is 0 Å². The summed E-state index contributed by atoms with van der Waals surface area (Å²) >= 11 is 0. The molecule has 0 bridgehead atoms. The predicted octanol–water partition coefficient (Wildman–Crippen LogP) is 3.61. The Labute approximate surface area is 181 Å². The number of nitriles is 1. The van der Waals surface area contributed by atoms with E-state index in [1.165, 1.54) is 0 Å². The van der Waals surface area contributed by atoms with Gasteiger partial charge in [0.25, 0.3) is 5.91 Å². The molecule has 7 nitrogen and oxygen atoms in total. The van der Waals surface area contributed by atoms with Gasteiger partial charge in [0.05, 0.1) is 12.8 Å². The standard InChI is InChI=1S/C24H24N4O3/c1-30-14-8-13-26-24(29)18(16-25)15-19-17-28(20-9-4-3-5-10-20)27-23(19)21-11-6-7-12-22(21)31-2/h3-7,9-12,15,17H,8,13-14H2,1-2H3,(H,26,29)/b18-15+. The first kappa shape index (κ1) is 21.8. The van der Waals surface area contributed by atoms with Crippen molar-refractivity contribution in [1.82, 2.24) is 15.1 Å². The third-order valence-corrected chi connectivity index (χ3v) is 4.60. The molecule has 1 amide bonds. The molecule has 1 aromatic heterocycles. The number of benzene rings is 2. The van der Waals surface area contributed by atoms with E-state index in [0.29, 0.717) is 36.6 Å². The Bertz CT molecular complexity index is 1100. The summed E-state index contributed by atoms with van der Waals surface area (Å²) in [6, 6.07) is 19.1. The van der Waals surface area contributed by atoms with E-state index < -0.39 is 5.91 Å². The fourth-order valence-corrected chi connectivity index (χ4v) is 3.07. The molecule has 0 fully saturated rings. The van der Waals surface area contributed by atoms with Crippen LogP contribution in [0.15, 0.2) is 66.4 Å². The topological polar surface area (TPSA) is 89.2 Å². The van der Waals surface area contributed by atoms with Gasteiger partial charge in [0.15, 0.2) is 0 Å². The Morgan fingerprint density at radius 1 is 1.16 bits per heavy atom. The SMILES string of the molecule is COCCCNC(=O)/C(C#N)=C/c1cn(-c2ccccc2)nc1-c1ccccc1OC. The van der Waals surface area contributed by atoms with Gasteiger partial charge in [-0.1, -0.05) is 30.3 Å². The van der Waals surface area contributed by atoms with Crippen LogP contribution >= 0.6 is 0 Å². The van der Waals surface area contributed by atoms with E-state index in [0.717, 1.165) is 11.3 Å². The van der Waals surface area contributed by atoms with Crippen molar-refractivity contribution in [3.63, 3.8) is 0 Å². The minimum atomic E-state index is -0.433. The Morgan fingerprint density at radius 3 is 2.61 bits per heavy atom. The van der Waals surface area contributed by atoms with Crippen LogP contribution < -0.4 is 10.1 Å². The number of methoxy groups -OCH3 is 2. The molecule has 0 saturated carbocycles. The zero-order valence-electron chi connectivity index (χ0n) is 17.5. The Hall–Kier alpha value is -3.89. The zero-order valence-corrected chi connectivity index (χ0v) is 17.5. The van der Waals surface area contributed by atoms with Gasteiger partial charge < -0.3 is 14.8 Å². The first-order valence-corrected chi connectivity index (χ1v) is 9.85. The average molecular weight is 416 g/mol. The van der Waals surface area contributed by atoms with E-state index in [1.54, 1.807) is 31.2 Å². The minimum Gasteiger partial charge on any atom is -0.496 e. The fourth-order valence-electron chi connectivity index (χ4n) is 3.07. The van der Waals surface area contributed by atoms with E-state index in [1.807, 2.05) is 60.7 Å². The van der Waals surface area contributed by atoms with Gasteiger partial charge in [-0.05, 0) is 36.8 Å². The number of hydrogen-bond acceptors (Lipinski definition) is 5. The zero-order chi connectivity index (χ0) is 22.1. The van der Waals surface area contributed by atoms with Crippen LogP contribution in [0.2, 0.25) is 0 Å². The molecule has 7 heteroatoms. The smallest absolute Gasteiger partial charge is 0.261 e. The Kier molecular flexibility index (Phi) is 7.57. The molecule has 0 unspecified atom stereocenters. The molecule has 0 aliphatic carbocycles. The summed E-state index contributed by atoms with van der Waals surface area (Å²) in [5.74, 6) is 0.218. The number of carbonyl (C=O) groups excluding carboxylic acids is 1. The lowest BCUT2D eigenvalue weighted by Gasteiger charge is -2.07. The monoisotopic (exact) mass is 416 g/mol. The molecule has 0 aliphatic rings. The number of ether oxygens (including phenoxy) is 2. The summed E-state index contributed by atoms with van der Waals surface area (Å²) in [6.07, 6.45) is 4.02.